The largest absolute Gasteiger partial charge is 0.257 e. The fourth-order valence-electron chi connectivity index (χ4n) is 0.765. The van der Waals surface area contributed by atoms with Crippen LogP contribution in [0.4, 0.5) is 5.69 Å². The Morgan fingerprint density at radius 1 is 1.50 bits per heavy atom. The van der Waals surface area contributed by atoms with Crippen molar-refractivity contribution in [2.75, 3.05) is 5.75 Å². The maximum Gasteiger partial charge on any atom is 0.145 e. The summed E-state index contributed by atoms with van der Waals surface area (Å²) in [7, 11) is 0. The molecular weight excluding hydrogens is 146 g/mol. The van der Waals surface area contributed by atoms with E-state index >= 15 is 0 Å². The fourth-order valence-corrected chi connectivity index (χ4v) is 1.45. The summed E-state index contributed by atoms with van der Waals surface area (Å²) in [6.07, 6.45) is 3.54. The number of nitrogens with zero attached hydrogens (tertiary/aromatic N) is 3. The van der Waals surface area contributed by atoms with Crippen LogP contribution < -0.4 is 0 Å². The Kier molecular flexibility index (Phi) is 1.39. The molecule has 1 aromatic rings. The molecule has 0 radical (unpaired) electrons. The van der Waals surface area contributed by atoms with Gasteiger partial charge in [0.15, 0.2) is 0 Å². The molecule has 0 fully saturated rings. The predicted molar refractivity (Wildman–Crippen MR) is 40.9 cm³/mol. The average Bonchev–Trinajstić information content (AvgIpc) is 2.05. The summed E-state index contributed by atoms with van der Waals surface area (Å²) in [5.41, 5.74) is 0.936. The van der Waals surface area contributed by atoms with Crippen molar-refractivity contribution in [2.45, 2.75) is 5.03 Å². The first-order valence-electron chi connectivity index (χ1n) is 2.94. The third-order valence-electron chi connectivity index (χ3n) is 1.19. The van der Waals surface area contributed by atoms with Crippen LogP contribution in [-0.4, -0.2) is 22.2 Å². The van der Waals surface area contributed by atoms with Crippen LogP contribution in [0.1, 0.15) is 0 Å². The summed E-state index contributed by atoms with van der Waals surface area (Å²) in [5, 5.41) is 8.61. The van der Waals surface area contributed by atoms with Crippen molar-refractivity contribution in [3.8, 4) is 0 Å². The van der Waals surface area contributed by atoms with E-state index in [1.54, 1.807) is 18.0 Å². The minimum Gasteiger partial charge on any atom is -0.257 e. The number of fused-ring (bicyclic) bond motifs is 1. The standard InChI is InChI=1S/C6H5N3S/c1-2-8-9-6-5(1)7-3-4-10-6/h1-3H,4H2. The highest BCUT2D eigenvalue weighted by Gasteiger charge is 2.05. The van der Waals surface area contributed by atoms with Gasteiger partial charge in [0.1, 0.15) is 5.03 Å². The molecule has 0 saturated heterocycles. The van der Waals surface area contributed by atoms with Gasteiger partial charge in [0, 0.05) is 12.0 Å². The molecule has 0 aliphatic carbocycles. The lowest BCUT2D eigenvalue weighted by Gasteiger charge is -2.04. The van der Waals surface area contributed by atoms with Crippen molar-refractivity contribution in [1.29, 1.82) is 0 Å². The monoisotopic (exact) mass is 151 g/mol. The molecule has 0 unspecified atom stereocenters. The first-order chi connectivity index (χ1) is 4.97. The van der Waals surface area contributed by atoms with E-state index in [0.717, 1.165) is 16.5 Å². The van der Waals surface area contributed by atoms with Crippen molar-refractivity contribution in [1.82, 2.24) is 10.2 Å². The molecule has 2 heterocycles. The molecule has 50 valence electrons. The van der Waals surface area contributed by atoms with Crippen molar-refractivity contribution < 1.29 is 0 Å². The quantitative estimate of drug-likeness (QED) is 0.560. The van der Waals surface area contributed by atoms with Crippen LogP contribution in [0.3, 0.4) is 0 Å². The zero-order chi connectivity index (χ0) is 6.81. The summed E-state index contributed by atoms with van der Waals surface area (Å²) < 4.78 is 0. The molecule has 1 aliphatic rings. The molecular formula is C6H5N3S. The van der Waals surface area contributed by atoms with Gasteiger partial charge in [0.25, 0.3) is 0 Å². The van der Waals surface area contributed by atoms with Crippen LogP contribution in [0, 0.1) is 0 Å². The van der Waals surface area contributed by atoms with Gasteiger partial charge >= 0.3 is 0 Å². The Bertz CT molecular complexity index is 271. The SMILES string of the molecule is C1=Nc2ccnnc2SC1. The third-order valence-corrected chi connectivity index (χ3v) is 2.07. The first kappa shape index (κ1) is 5.85. The molecule has 3 nitrogen and oxygen atoms in total. The predicted octanol–water partition coefficient (Wildman–Crippen LogP) is 1.28. The summed E-state index contributed by atoms with van der Waals surface area (Å²) in [5.74, 6) is 0.908. The second-order valence-electron chi connectivity index (χ2n) is 1.84. The van der Waals surface area contributed by atoms with E-state index < -0.39 is 0 Å². The van der Waals surface area contributed by atoms with Gasteiger partial charge in [0.2, 0.25) is 0 Å². The number of hydrogen-bond acceptors (Lipinski definition) is 4. The minimum absolute atomic E-state index is 0.908. The third kappa shape index (κ3) is 0.903. The summed E-state index contributed by atoms with van der Waals surface area (Å²) in [6.45, 7) is 0. The van der Waals surface area contributed by atoms with E-state index in [9.17, 15) is 0 Å². The van der Waals surface area contributed by atoms with Crippen molar-refractivity contribution in [2.24, 2.45) is 4.99 Å². The van der Waals surface area contributed by atoms with Crippen LogP contribution in [-0.2, 0) is 0 Å². The zero-order valence-electron chi connectivity index (χ0n) is 5.19. The molecule has 0 atom stereocenters. The molecule has 0 amide bonds. The normalized spacial score (nSPS) is 14.8. The highest BCUT2D eigenvalue weighted by Crippen LogP contribution is 2.28. The van der Waals surface area contributed by atoms with E-state index in [2.05, 4.69) is 15.2 Å². The topological polar surface area (TPSA) is 38.1 Å². The van der Waals surface area contributed by atoms with Crippen LogP contribution in [0.5, 0.6) is 0 Å². The fraction of sp³-hybridized carbons (Fsp3) is 0.167. The second-order valence-corrected chi connectivity index (χ2v) is 2.85. The van der Waals surface area contributed by atoms with Crippen LogP contribution in [0.2, 0.25) is 0 Å². The number of aromatic nitrogens is 2. The van der Waals surface area contributed by atoms with E-state index in [-0.39, 0.29) is 0 Å². The molecule has 0 aromatic carbocycles. The van der Waals surface area contributed by atoms with Gasteiger partial charge in [-0.2, -0.15) is 5.10 Å². The van der Waals surface area contributed by atoms with Gasteiger partial charge in [0.05, 0.1) is 11.9 Å². The molecule has 10 heavy (non-hydrogen) atoms. The Balaban J connectivity index is 2.54. The minimum atomic E-state index is 0.908. The molecule has 1 aromatic heterocycles. The van der Waals surface area contributed by atoms with Gasteiger partial charge in [-0.05, 0) is 6.07 Å². The van der Waals surface area contributed by atoms with Gasteiger partial charge < -0.3 is 0 Å². The van der Waals surface area contributed by atoms with Crippen LogP contribution >= 0.6 is 11.8 Å². The van der Waals surface area contributed by atoms with E-state index in [0.29, 0.717) is 0 Å². The maximum atomic E-state index is 4.14. The van der Waals surface area contributed by atoms with Gasteiger partial charge in [-0.25, -0.2) is 0 Å². The van der Waals surface area contributed by atoms with E-state index in [1.807, 2.05) is 12.3 Å². The average molecular weight is 151 g/mol. The number of hydrogen-bond donors (Lipinski definition) is 0. The Labute approximate surface area is 62.6 Å². The number of aliphatic imine (C=N–C) groups is 1. The van der Waals surface area contributed by atoms with Crippen LogP contribution in [0.25, 0.3) is 0 Å². The highest BCUT2D eigenvalue weighted by molar-refractivity contribution is 8.00. The lowest BCUT2D eigenvalue weighted by atomic mass is 10.5. The van der Waals surface area contributed by atoms with Crippen molar-refractivity contribution >= 4 is 23.7 Å². The molecule has 2 rings (SSSR count). The lowest BCUT2D eigenvalue weighted by Crippen LogP contribution is -1.92. The number of rotatable bonds is 0. The maximum absolute atomic E-state index is 4.14. The molecule has 4 heteroatoms. The zero-order valence-corrected chi connectivity index (χ0v) is 6.01. The molecule has 0 spiro atoms. The Morgan fingerprint density at radius 2 is 2.50 bits per heavy atom. The van der Waals surface area contributed by atoms with Gasteiger partial charge in [-0.1, -0.05) is 11.8 Å². The van der Waals surface area contributed by atoms with Gasteiger partial charge in [-0.15, -0.1) is 5.10 Å². The van der Waals surface area contributed by atoms with Gasteiger partial charge in [-0.3, -0.25) is 4.99 Å². The Hall–Kier alpha value is -0.900. The molecule has 0 N–H and O–H groups in total. The van der Waals surface area contributed by atoms with Crippen LogP contribution in [0.15, 0.2) is 22.3 Å². The molecule has 0 bridgehead atoms. The first-order valence-corrected chi connectivity index (χ1v) is 3.92. The summed E-state index contributed by atoms with van der Waals surface area (Å²) >= 11 is 1.67. The summed E-state index contributed by atoms with van der Waals surface area (Å²) in [6, 6.07) is 1.87. The lowest BCUT2D eigenvalue weighted by molar-refractivity contribution is 0.928. The smallest absolute Gasteiger partial charge is 0.145 e. The Morgan fingerprint density at radius 3 is 3.40 bits per heavy atom. The number of thioether (sulfide) groups is 1. The molecule has 1 aliphatic heterocycles. The molecule has 0 saturated carbocycles. The second kappa shape index (κ2) is 2.38. The summed E-state index contributed by atoms with van der Waals surface area (Å²) in [4.78, 5) is 4.14. The van der Waals surface area contributed by atoms with Crippen molar-refractivity contribution in [3.05, 3.63) is 12.3 Å². The van der Waals surface area contributed by atoms with E-state index in [1.165, 1.54) is 0 Å². The van der Waals surface area contributed by atoms with Crippen molar-refractivity contribution in [3.63, 3.8) is 0 Å². The van der Waals surface area contributed by atoms with E-state index in [4.69, 9.17) is 0 Å². The highest BCUT2D eigenvalue weighted by atomic mass is 32.2.